The quantitative estimate of drug-likeness (QED) is 0.791. The molecular formula is C9H10N4V. The summed E-state index contributed by atoms with van der Waals surface area (Å²) in [6.45, 7) is 2.02. The Kier molecular flexibility index (Phi) is 4.23. The van der Waals surface area contributed by atoms with Gasteiger partial charge in [-0.15, -0.1) is 10.2 Å². The molecule has 0 amide bonds. The number of hydrogen-bond acceptors (Lipinski definition) is 3. The summed E-state index contributed by atoms with van der Waals surface area (Å²) in [5.41, 5.74) is 2.17. The van der Waals surface area contributed by atoms with Crippen LogP contribution in [0.3, 0.4) is 0 Å². The fourth-order valence-electron chi connectivity index (χ4n) is 1.10. The van der Waals surface area contributed by atoms with E-state index in [-0.39, 0.29) is 0 Å². The zero-order chi connectivity index (χ0) is 10.4. The molecule has 0 spiro atoms. The summed E-state index contributed by atoms with van der Waals surface area (Å²) in [6, 6.07) is 7.93. The Morgan fingerprint density at radius 3 is 2.57 bits per heavy atom. The van der Waals surface area contributed by atoms with Crippen LogP contribution >= 0.6 is 0 Å². The van der Waals surface area contributed by atoms with E-state index in [1.807, 2.05) is 31.2 Å². The van der Waals surface area contributed by atoms with Crippen LogP contribution in [0, 0.1) is 6.92 Å². The van der Waals surface area contributed by atoms with Gasteiger partial charge in [0.2, 0.25) is 5.82 Å². The number of aryl methyl sites for hydroxylation is 1. The molecule has 4 nitrogen and oxygen atoms in total. The number of nitrogens with one attached hydrogen (secondary N) is 1. The molecular weight excluding hydrogens is 215 g/mol. The summed E-state index contributed by atoms with van der Waals surface area (Å²) in [5, 5.41) is 16.9. The van der Waals surface area contributed by atoms with Crippen molar-refractivity contribution >= 4 is 5.23 Å². The van der Waals surface area contributed by atoms with E-state index in [2.05, 4.69) is 42.8 Å². The molecule has 0 atom stereocenters. The third-order valence-electron chi connectivity index (χ3n) is 1.73. The van der Waals surface area contributed by atoms with E-state index in [1.54, 1.807) is 0 Å². The maximum atomic E-state index is 3.90. The van der Waals surface area contributed by atoms with E-state index in [9.17, 15) is 0 Å². The standard InChI is InChI=1S/C8H8N4.CH2.V/c1-6-4-2-3-5-7(6)8-9-11-12-10-8;;/h2-5H,1H3,(H,9,10,11,12);1H2;. The zero-order valence-electron chi connectivity index (χ0n) is 7.81. The van der Waals surface area contributed by atoms with Gasteiger partial charge in [0.15, 0.2) is 0 Å². The van der Waals surface area contributed by atoms with Gasteiger partial charge < -0.3 is 0 Å². The van der Waals surface area contributed by atoms with Gasteiger partial charge in [-0.2, -0.15) is 5.21 Å². The molecule has 0 saturated heterocycles. The van der Waals surface area contributed by atoms with Gasteiger partial charge in [-0.1, -0.05) is 24.3 Å². The molecule has 0 saturated carbocycles. The number of tetrazole rings is 1. The Hall–Kier alpha value is -1.26. The number of aromatic nitrogens is 4. The molecule has 0 unspecified atom stereocenters. The molecule has 1 N–H and O–H groups in total. The van der Waals surface area contributed by atoms with Gasteiger partial charge >= 0.3 is 22.2 Å². The molecule has 0 bridgehead atoms. The first-order valence-electron chi connectivity index (χ1n) is 3.99. The first kappa shape index (κ1) is 10.8. The second kappa shape index (κ2) is 5.47. The van der Waals surface area contributed by atoms with Gasteiger partial charge in [-0.05, 0) is 17.7 Å². The Balaban J connectivity index is 0.000000461. The van der Waals surface area contributed by atoms with Crippen molar-refractivity contribution in [3.63, 3.8) is 0 Å². The first-order valence-corrected chi connectivity index (χ1v) is 4.98. The summed E-state index contributed by atoms with van der Waals surface area (Å²) in [6.07, 6.45) is 0. The number of rotatable bonds is 1. The summed E-state index contributed by atoms with van der Waals surface area (Å²) in [5.74, 6) is 0.646. The molecule has 0 aliphatic carbocycles. The molecule has 1 heterocycles. The monoisotopic (exact) mass is 225 g/mol. The van der Waals surface area contributed by atoms with Crippen LogP contribution in [0.2, 0.25) is 0 Å². The van der Waals surface area contributed by atoms with Gasteiger partial charge in [0, 0.05) is 5.56 Å². The fraction of sp³-hybridized carbons (Fsp3) is 0.111. The van der Waals surface area contributed by atoms with E-state index in [0.717, 1.165) is 11.1 Å². The number of aromatic amines is 1. The van der Waals surface area contributed by atoms with Gasteiger partial charge in [0.1, 0.15) is 0 Å². The normalized spacial score (nSPS) is 8.86. The minimum atomic E-state index is 0.646. The van der Waals surface area contributed by atoms with Crippen LogP contribution in [0.25, 0.3) is 11.4 Å². The van der Waals surface area contributed by atoms with E-state index in [1.165, 1.54) is 0 Å². The number of H-pyrrole nitrogens is 1. The summed E-state index contributed by atoms with van der Waals surface area (Å²) in [4.78, 5) is 0. The van der Waals surface area contributed by atoms with Gasteiger partial charge in [-0.3, -0.25) is 0 Å². The van der Waals surface area contributed by atoms with Crippen molar-refractivity contribution in [2.45, 2.75) is 6.92 Å². The van der Waals surface area contributed by atoms with Crippen LogP contribution in [0.15, 0.2) is 24.3 Å². The number of nitrogens with zero attached hydrogens (tertiary/aromatic N) is 3. The second-order valence-electron chi connectivity index (χ2n) is 2.55. The molecule has 2 rings (SSSR count). The summed E-state index contributed by atoms with van der Waals surface area (Å²) >= 11 is 2.06. The molecule has 0 aliphatic rings. The predicted octanol–water partition coefficient (Wildman–Crippen LogP) is 1.14. The second-order valence-corrected chi connectivity index (χ2v) is 2.55. The molecule has 14 heavy (non-hydrogen) atoms. The van der Waals surface area contributed by atoms with Crippen molar-refractivity contribution < 1.29 is 17.0 Å². The fourth-order valence-corrected chi connectivity index (χ4v) is 1.10. The molecule has 2 aromatic rings. The van der Waals surface area contributed by atoms with Crippen LogP contribution in [-0.2, 0) is 17.0 Å². The Morgan fingerprint density at radius 1 is 1.29 bits per heavy atom. The first-order chi connectivity index (χ1) is 6.88. The molecule has 1 aromatic heterocycles. The van der Waals surface area contributed by atoms with Crippen LogP contribution in [0.4, 0.5) is 0 Å². The van der Waals surface area contributed by atoms with Crippen molar-refractivity contribution in [3.8, 4) is 11.4 Å². The molecule has 0 fully saturated rings. The molecule has 0 aliphatic heterocycles. The maximum absolute atomic E-state index is 3.90. The van der Waals surface area contributed by atoms with Crippen molar-refractivity contribution in [3.05, 3.63) is 29.8 Å². The zero-order valence-corrected chi connectivity index (χ0v) is 9.20. The van der Waals surface area contributed by atoms with E-state index < -0.39 is 0 Å². The van der Waals surface area contributed by atoms with E-state index in [0.29, 0.717) is 5.82 Å². The summed E-state index contributed by atoms with van der Waals surface area (Å²) in [7, 11) is 0. The Morgan fingerprint density at radius 2 is 2.00 bits per heavy atom. The minimum absolute atomic E-state index is 0.646. The van der Waals surface area contributed by atoms with Gasteiger partial charge in [-0.25, -0.2) is 0 Å². The Labute approximate surface area is 91.2 Å². The van der Waals surface area contributed by atoms with Crippen molar-refractivity contribution in [2.75, 3.05) is 0 Å². The van der Waals surface area contributed by atoms with Crippen molar-refractivity contribution in [2.24, 2.45) is 0 Å². The van der Waals surface area contributed by atoms with Crippen LogP contribution in [0.5, 0.6) is 0 Å². The predicted molar refractivity (Wildman–Crippen MR) is 51.5 cm³/mol. The molecule has 71 valence electrons. The number of hydrogen-bond donors (Lipinski definition) is 1. The van der Waals surface area contributed by atoms with E-state index >= 15 is 0 Å². The van der Waals surface area contributed by atoms with Crippen molar-refractivity contribution in [1.29, 1.82) is 0 Å². The van der Waals surface area contributed by atoms with E-state index in [4.69, 9.17) is 0 Å². The topological polar surface area (TPSA) is 54.5 Å². The van der Waals surface area contributed by atoms with Crippen LogP contribution < -0.4 is 0 Å². The molecule has 0 radical (unpaired) electrons. The molecule has 1 aromatic carbocycles. The van der Waals surface area contributed by atoms with Gasteiger partial charge in [0.25, 0.3) is 0 Å². The molecule has 5 heteroatoms. The van der Waals surface area contributed by atoms with Crippen LogP contribution in [0.1, 0.15) is 5.56 Å². The average Bonchev–Trinajstić information content (AvgIpc) is 2.75. The van der Waals surface area contributed by atoms with Gasteiger partial charge in [0.05, 0.1) is 0 Å². The van der Waals surface area contributed by atoms with Crippen LogP contribution in [-0.4, -0.2) is 25.9 Å². The Bertz CT molecular complexity index is 385. The SMILES string of the molecule is Cc1ccccc1-c1nn[nH]n1.[CH2]=[V]. The third kappa shape index (κ3) is 2.37. The third-order valence-corrected chi connectivity index (χ3v) is 1.73. The number of benzene rings is 1. The average molecular weight is 225 g/mol. The van der Waals surface area contributed by atoms with Crippen molar-refractivity contribution in [1.82, 2.24) is 20.6 Å². The summed E-state index contributed by atoms with van der Waals surface area (Å²) < 4.78 is 0.